The van der Waals surface area contributed by atoms with Gasteiger partial charge in [0.1, 0.15) is 0 Å². The van der Waals surface area contributed by atoms with Crippen molar-refractivity contribution in [3.8, 4) is 0 Å². The molecule has 2 N–H and O–H groups in total. The van der Waals surface area contributed by atoms with Gasteiger partial charge in [0, 0.05) is 18.8 Å². The highest BCUT2D eigenvalue weighted by Crippen LogP contribution is 2.13. The van der Waals surface area contributed by atoms with E-state index in [0.29, 0.717) is 33.0 Å². The molecule has 4 heteroatoms. The lowest BCUT2D eigenvalue weighted by atomic mass is 10.1. The molecule has 0 aliphatic heterocycles. The smallest absolute Gasteiger partial charge is 0.0945 e. The van der Waals surface area contributed by atoms with Gasteiger partial charge >= 0.3 is 0 Å². The summed E-state index contributed by atoms with van der Waals surface area (Å²) in [6, 6.07) is 6.17. The average Bonchev–Trinajstić information content (AvgIpc) is 2.40. The lowest BCUT2D eigenvalue weighted by molar-refractivity contribution is 0.0103. The van der Waals surface area contributed by atoms with Crippen molar-refractivity contribution in [1.29, 1.82) is 0 Å². The Kier molecular flexibility index (Phi) is 7.48. The van der Waals surface area contributed by atoms with Gasteiger partial charge in [-0.15, -0.1) is 0 Å². The number of hydrogen-bond donors (Lipinski definition) is 2. The number of benzene rings is 1. The van der Waals surface area contributed by atoms with Gasteiger partial charge in [-0.05, 0) is 44.0 Å². The van der Waals surface area contributed by atoms with Crippen molar-refractivity contribution in [2.45, 2.75) is 26.9 Å². The second-order valence-corrected chi connectivity index (χ2v) is 4.61. The summed E-state index contributed by atoms with van der Waals surface area (Å²) in [6.07, 6.45) is -0.511. The molecule has 0 bridgehead atoms. The minimum Gasteiger partial charge on any atom is -0.389 e. The molecular weight excluding hydrogens is 242 g/mol. The molecule has 108 valence electrons. The zero-order chi connectivity index (χ0) is 14.1. The summed E-state index contributed by atoms with van der Waals surface area (Å²) < 4.78 is 10.5. The van der Waals surface area contributed by atoms with Crippen LogP contribution in [0.15, 0.2) is 18.2 Å². The fourth-order valence-electron chi connectivity index (χ4n) is 1.63. The molecule has 1 atom stereocenters. The fourth-order valence-corrected chi connectivity index (χ4v) is 1.63. The van der Waals surface area contributed by atoms with Crippen LogP contribution in [-0.4, -0.2) is 44.2 Å². The van der Waals surface area contributed by atoms with Crippen LogP contribution in [-0.2, 0) is 9.47 Å². The van der Waals surface area contributed by atoms with Crippen LogP contribution in [0.2, 0.25) is 0 Å². The zero-order valence-corrected chi connectivity index (χ0v) is 12.1. The molecule has 0 saturated carbocycles. The maximum atomic E-state index is 9.76. The summed E-state index contributed by atoms with van der Waals surface area (Å²) in [4.78, 5) is 0. The molecule has 19 heavy (non-hydrogen) atoms. The second-order valence-electron chi connectivity index (χ2n) is 4.61. The van der Waals surface area contributed by atoms with E-state index in [4.69, 9.17) is 9.47 Å². The van der Waals surface area contributed by atoms with Gasteiger partial charge in [-0.3, -0.25) is 0 Å². The van der Waals surface area contributed by atoms with Crippen molar-refractivity contribution in [1.82, 2.24) is 0 Å². The monoisotopic (exact) mass is 267 g/mol. The predicted octanol–water partition coefficient (Wildman–Crippen LogP) is 2.13. The molecule has 0 radical (unpaired) electrons. The second kappa shape index (κ2) is 8.91. The lowest BCUT2D eigenvalue weighted by Crippen LogP contribution is -2.25. The number of anilines is 1. The van der Waals surface area contributed by atoms with Gasteiger partial charge in [0.05, 0.1) is 25.9 Å². The Balaban J connectivity index is 2.18. The minimum absolute atomic E-state index is 0.324. The van der Waals surface area contributed by atoms with E-state index in [1.807, 2.05) is 13.0 Å². The van der Waals surface area contributed by atoms with Crippen molar-refractivity contribution in [3.63, 3.8) is 0 Å². The molecule has 1 aromatic carbocycles. The molecule has 0 spiro atoms. The first-order valence-corrected chi connectivity index (χ1v) is 6.78. The van der Waals surface area contributed by atoms with Crippen LogP contribution >= 0.6 is 0 Å². The van der Waals surface area contributed by atoms with Crippen molar-refractivity contribution < 1.29 is 14.6 Å². The molecule has 0 amide bonds. The average molecular weight is 267 g/mol. The zero-order valence-electron chi connectivity index (χ0n) is 12.1. The maximum Gasteiger partial charge on any atom is 0.0945 e. The van der Waals surface area contributed by atoms with E-state index in [2.05, 4.69) is 31.3 Å². The molecule has 0 heterocycles. The fraction of sp³-hybridized carbons (Fsp3) is 0.600. The van der Waals surface area contributed by atoms with Gasteiger partial charge in [-0.2, -0.15) is 0 Å². The van der Waals surface area contributed by atoms with Crippen LogP contribution in [0.5, 0.6) is 0 Å². The van der Waals surface area contributed by atoms with Gasteiger partial charge in [-0.1, -0.05) is 6.07 Å². The Morgan fingerprint density at radius 1 is 1.16 bits per heavy atom. The van der Waals surface area contributed by atoms with E-state index in [-0.39, 0.29) is 0 Å². The summed E-state index contributed by atoms with van der Waals surface area (Å²) >= 11 is 0. The number of aliphatic hydroxyl groups excluding tert-OH is 1. The number of aliphatic hydroxyl groups is 1. The lowest BCUT2D eigenvalue weighted by Gasteiger charge is -2.14. The van der Waals surface area contributed by atoms with Gasteiger partial charge < -0.3 is 19.9 Å². The predicted molar refractivity (Wildman–Crippen MR) is 77.7 cm³/mol. The number of rotatable bonds is 9. The number of nitrogens with one attached hydrogen (secondary N) is 1. The highest BCUT2D eigenvalue weighted by Gasteiger charge is 2.04. The van der Waals surface area contributed by atoms with Crippen LogP contribution in [0, 0.1) is 13.8 Å². The number of hydrogen-bond acceptors (Lipinski definition) is 4. The third-order valence-corrected chi connectivity index (χ3v) is 2.94. The summed E-state index contributed by atoms with van der Waals surface area (Å²) in [5.74, 6) is 0. The Bertz CT molecular complexity index is 368. The van der Waals surface area contributed by atoms with E-state index >= 15 is 0 Å². The van der Waals surface area contributed by atoms with Crippen LogP contribution < -0.4 is 5.32 Å². The molecule has 0 aliphatic carbocycles. The Morgan fingerprint density at radius 2 is 1.89 bits per heavy atom. The first-order chi connectivity index (χ1) is 9.13. The molecule has 0 saturated heterocycles. The van der Waals surface area contributed by atoms with Crippen molar-refractivity contribution in [3.05, 3.63) is 29.3 Å². The van der Waals surface area contributed by atoms with Crippen LogP contribution in [0.4, 0.5) is 5.69 Å². The third-order valence-electron chi connectivity index (χ3n) is 2.94. The summed E-state index contributed by atoms with van der Waals surface area (Å²) in [5.41, 5.74) is 3.54. The van der Waals surface area contributed by atoms with Gasteiger partial charge in [-0.25, -0.2) is 0 Å². The highest BCUT2D eigenvalue weighted by atomic mass is 16.5. The SMILES string of the molecule is CCOCCOCC(O)CNc1ccc(C)c(C)c1. The Labute approximate surface area is 115 Å². The van der Waals surface area contributed by atoms with E-state index in [1.54, 1.807) is 0 Å². The summed E-state index contributed by atoms with van der Waals surface area (Å²) in [6.45, 7) is 8.71. The molecule has 0 aliphatic rings. The third kappa shape index (κ3) is 6.57. The van der Waals surface area contributed by atoms with Crippen molar-refractivity contribution >= 4 is 5.69 Å². The molecule has 1 unspecified atom stereocenters. The summed E-state index contributed by atoms with van der Waals surface area (Å²) in [5, 5.41) is 13.0. The number of ether oxygens (including phenoxy) is 2. The highest BCUT2D eigenvalue weighted by molar-refractivity contribution is 5.48. The molecule has 1 rings (SSSR count). The topological polar surface area (TPSA) is 50.7 Å². The quantitative estimate of drug-likeness (QED) is 0.673. The molecule has 4 nitrogen and oxygen atoms in total. The Hall–Kier alpha value is -1.10. The van der Waals surface area contributed by atoms with Crippen molar-refractivity contribution in [2.75, 3.05) is 38.3 Å². The van der Waals surface area contributed by atoms with Gasteiger partial charge in [0.2, 0.25) is 0 Å². The van der Waals surface area contributed by atoms with E-state index < -0.39 is 6.10 Å². The van der Waals surface area contributed by atoms with Crippen molar-refractivity contribution in [2.24, 2.45) is 0 Å². The molecule has 0 aromatic heterocycles. The first kappa shape index (κ1) is 16.0. The summed E-state index contributed by atoms with van der Waals surface area (Å²) in [7, 11) is 0. The standard InChI is InChI=1S/C15H25NO3/c1-4-18-7-8-19-11-15(17)10-16-14-6-5-12(2)13(3)9-14/h5-6,9,15-17H,4,7-8,10-11H2,1-3H3. The van der Waals surface area contributed by atoms with Crippen LogP contribution in [0.3, 0.4) is 0 Å². The molecule has 0 fully saturated rings. The van der Waals surface area contributed by atoms with Gasteiger partial charge in [0.25, 0.3) is 0 Å². The van der Waals surface area contributed by atoms with Crippen LogP contribution in [0.1, 0.15) is 18.1 Å². The van der Waals surface area contributed by atoms with E-state index in [1.165, 1.54) is 11.1 Å². The van der Waals surface area contributed by atoms with Crippen LogP contribution in [0.25, 0.3) is 0 Å². The molecular formula is C15H25NO3. The maximum absolute atomic E-state index is 9.76. The minimum atomic E-state index is -0.511. The van der Waals surface area contributed by atoms with E-state index in [0.717, 1.165) is 5.69 Å². The number of aryl methyl sites for hydroxylation is 2. The van der Waals surface area contributed by atoms with Gasteiger partial charge in [0.15, 0.2) is 0 Å². The first-order valence-electron chi connectivity index (χ1n) is 6.78. The normalized spacial score (nSPS) is 12.4. The van der Waals surface area contributed by atoms with E-state index in [9.17, 15) is 5.11 Å². The Morgan fingerprint density at radius 3 is 2.58 bits per heavy atom. The molecule has 1 aromatic rings. The largest absolute Gasteiger partial charge is 0.389 e.